The Morgan fingerprint density at radius 3 is 2.56 bits per heavy atom. The van der Waals surface area contributed by atoms with E-state index >= 15 is 0 Å². The number of rotatable bonds is 8. The van der Waals surface area contributed by atoms with Crippen molar-refractivity contribution in [2.24, 2.45) is 5.92 Å². The molecule has 6 nitrogen and oxygen atoms in total. The normalized spacial score (nSPS) is 15.2. The van der Waals surface area contributed by atoms with Crippen LogP contribution in [0.2, 0.25) is 0 Å². The number of carboxylic acids is 1. The molecule has 1 atom stereocenters. The van der Waals surface area contributed by atoms with Gasteiger partial charge < -0.3 is 9.63 Å². The molecule has 5 rings (SSSR count). The van der Waals surface area contributed by atoms with Crippen molar-refractivity contribution in [1.29, 1.82) is 0 Å². The number of hydrogen-bond acceptors (Lipinski definition) is 6. The lowest BCUT2D eigenvalue weighted by Gasteiger charge is -2.36. The van der Waals surface area contributed by atoms with E-state index in [2.05, 4.69) is 58.9 Å². The summed E-state index contributed by atoms with van der Waals surface area (Å²) in [6.07, 6.45) is 0.797. The lowest BCUT2D eigenvalue weighted by atomic mass is 9.92. The van der Waals surface area contributed by atoms with Gasteiger partial charge in [-0.05, 0) is 64.9 Å². The van der Waals surface area contributed by atoms with Crippen LogP contribution in [-0.2, 0) is 17.8 Å². The van der Waals surface area contributed by atoms with Gasteiger partial charge in [0, 0.05) is 25.2 Å². The minimum atomic E-state index is -0.710. The Kier molecular flexibility index (Phi) is 6.30. The van der Waals surface area contributed by atoms with Crippen molar-refractivity contribution in [1.82, 2.24) is 15.0 Å². The first-order valence-electron chi connectivity index (χ1n) is 11.4. The van der Waals surface area contributed by atoms with E-state index < -0.39 is 5.97 Å². The van der Waals surface area contributed by atoms with E-state index in [9.17, 15) is 4.79 Å². The van der Waals surface area contributed by atoms with E-state index in [0.29, 0.717) is 24.8 Å². The average molecular weight is 474 g/mol. The third kappa shape index (κ3) is 4.81. The number of carbonyl (C=O) groups is 1. The van der Waals surface area contributed by atoms with Crippen LogP contribution >= 0.6 is 11.3 Å². The maximum absolute atomic E-state index is 11.0. The van der Waals surface area contributed by atoms with E-state index in [1.807, 2.05) is 24.3 Å². The Balaban J connectivity index is 1.31. The molecule has 1 fully saturated rings. The number of thiophene rings is 1. The van der Waals surface area contributed by atoms with Crippen LogP contribution in [0.3, 0.4) is 0 Å². The smallest absolute Gasteiger partial charge is 0.309 e. The Labute approximate surface area is 202 Å². The molecule has 4 aromatic rings. The van der Waals surface area contributed by atoms with Crippen LogP contribution in [0.1, 0.15) is 39.6 Å². The van der Waals surface area contributed by atoms with Crippen LogP contribution in [0.4, 0.5) is 0 Å². The molecule has 1 saturated heterocycles. The lowest BCUT2D eigenvalue weighted by molar-refractivity contribution is -0.147. The Morgan fingerprint density at radius 1 is 1.12 bits per heavy atom. The van der Waals surface area contributed by atoms with Gasteiger partial charge in [-0.15, -0.1) is 0 Å². The van der Waals surface area contributed by atoms with Gasteiger partial charge in [0.2, 0.25) is 11.7 Å². The molecule has 0 spiro atoms. The molecule has 2 aromatic carbocycles. The van der Waals surface area contributed by atoms with E-state index in [1.165, 1.54) is 22.3 Å². The van der Waals surface area contributed by atoms with Crippen LogP contribution < -0.4 is 0 Å². The molecule has 1 unspecified atom stereocenters. The molecule has 0 bridgehead atoms. The SMILES string of the molecule is Cc1ccc(CC(c2ccsc2)c2nc(-c3ccc(CN4CC(C(=O)O)C4)cc3)no2)cc1C. The molecule has 0 saturated carbocycles. The summed E-state index contributed by atoms with van der Waals surface area (Å²) < 4.78 is 5.77. The molecular weight excluding hydrogens is 446 g/mol. The molecule has 1 N–H and O–H groups in total. The van der Waals surface area contributed by atoms with Gasteiger partial charge in [0.25, 0.3) is 0 Å². The van der Waals surface area contributed by atoms with Crippen molar-refractivity contribution < 1.29 is 14.4 Å². The number of aromatic nitrogens is 2. The zero-order valence-electron chi connectivity index (χ0n) is 19.3. The fraction of sp³-hybridized carbons (Fsp3) is 0.296. The van der Waals surface area contributed by atoms with Crippen molar-refractivity contribution in [2.75, 3.05) is 13.1 Å². The highest BCUT2D eigenvalue weighted by molar-refractivity contribution is 7.08. The second kappa shape index (κ2) is 9.52. The topological polar surface area (TPSA) is 79.5 Å². The number of likely N-dealkylation sites (tertiary alicyclic amines) is 1. The highest BCUT2D eigenvalue weighted by atomic mass is 32.1. The summed E-state index contributed by atoms with van der Waals surface area (Å²) in [6.45, 7) is 6.23. The lowest BCUT2D eigenvalue weighted by Crippen LogP contribution is -2.49. The van der Waals surface area contributed by atoms with Gasteiger partial charge in [0.1, 0.15) is 0 Å². The van der Waals surface area contributed by atoms with Crippen molar-refractivity contribution in [2.45, 2.75) is 32.7 Å². The molecular formula is C27H27N3O3S. The number of benzene rings is 2. The fourth-order valence-corrected chi connectivity index (χ4v) is 5.07. The number of aliphatic carboxylic acids is 1. The van der Waals surface area contributed by atoms with Gasteiger partial charge >= 0.3 is 5.97 Å². The molecule has 3 heterocycles. The average Bonchev–Trinajstić information content (AvgIpc) is 3.49. The molecule has 0 aliphatic carbocycles. The van der Waals surface area contributed by atoms with E-state index in [-0.39, 0.29) is 11.8 Å². The maximum atomic E-state index is 11.0. The first-order valence-corrected chi connectivity index (χ1v) is 12.4. The van der Waals surface area contributed by atoms with Crippen LogP contribution in [-0.4, -0.2) is 39.2 Å². The monoisotopic (exact) mass is 473 g/mol. The highest BCUT2D eigenvalue weighted by Gasteiger charge is 2.32. The number of nitrogens with zero attached hydrogens (tertiary/aromatic N) is 3. The summed E-state index contributed by atoms with van der Waals surface area (Å²) in [5, 5.41) is 17.5. The Hall–Kier alpha value is -3.29. The number of carboxylic acid groups (broad SMARTS) is 1. The maximum Gasteiger partial charge on any atom is 0.309 e. The minimum Gasteiger partial charge on any atom is -0.481 e. The predicted molar refractivity (Wildman–Crippen MR) is 132 cm³/mol. The van der Waals surface area contributed by atoms with Gasteiger partial charge in [-0.1, -0.05) is 47.6 Å². The number of aryl methyl sites for hydroxylation is 2. The molecule has 34 heavy (non-hydrogen) atoms. The first kappa shape index (κ1) is 22.5. The zero-order valence-corrected chi connectivity index (χ0v) is 20.1. The number of hydrogen-bond donors (Lipinski definition) is 1. The predicted octanol–water partition coefficient (Wildman–Crippen LogP) is 5.31. The summed E-state index contributed by atoms with van der Waals surface area (Å²) >= 11 is 1.67. The molecule has 1 aliphatic rings. The van der Waals surface area contributed by atoms with Crippen molar-refractivity contribution in [3.8, 4) is 11.4 Å². The third-order valence-corrected chi connectivity index (χ3v) is 7.32. The van der Waals surface area contributed by atoms with Crippen molar-refractivity contribution >= 4 is 17.3 Å². The highest BCUT2D eigenvalue weighted by Crippen LogP contribution is 2.31. The van der Waals surface area contributed by atoms with Crippen LogP contribution in [0.25, 0.3) is 11.4 Å². The quantitative estimate of drug-likeness (QED) is 0.374. The van der Waals surface area contributed by atoms with Gasteiger partial charge in [-0.2, -0.15) is 16.3 Å². The second-order valence-electron chi connectivity index (χ2n) is 9.11. The molecule has 0 radical (unpaired) electrons. The van der Waals surface area contributed by atoms with Gasteiger partial charge in [-0.3, -0.25) is 9.69 Å². The van der Waals surface area contributed by atoms with E-state index in [1.54, 1.807) is 11.3 Å². The Morgan fingerprint density at radius 2 is 1.88 bits per heavy atom. The summed E-state index contributed by atoms with van der Waals surface area (Å²) in [7, 11) is 0. The van der Waals surface area contributed by atoms with E-state index in [4.69, 9.17) is 14.6 Å². The van der Waals surface area contributed by atoms with Gasteiger partial charge in [0.15, 0.2) is 0 Å². The standard InChI is InChI=1S/C27H27N3O3S/c1-17-3-4-20(11-18(17)2)12-24(22-9-10-34-16-22)26-28-25(29-33-26)21-7-5-19(6-8-21)13-30-14-23(15-30)27(31)32/h3-11,16,23-24H,12-15H2,1-2H3,(H,31,32). The second-order valence-corrected chi connectivity index (χ2v) is 9.89. The van der Waals surface area contributed by atoms with Gasteiger partial charge in [0.05, 0.1) is 11.8 Å². The molecule has 1 aliphatic heterocycles. The molecule has 2 aromatic heterocycles. The summed E-state index contributed by atoms with van der Waals surface area (Å²) in [6, 6.07) is 16.8. The summed E-state index contributed by atoms with van der Waals surface area (Å²) in [4.78, 5) is 17.9. The summed E-state index contributed by atoms with van der Waals surface area (Å²) in [5.74, 6) is 0.255. The third-order valence-electron chi connectivity index (χ3n) is 6.62. The fourth-order valence-electron chi connectivity index (χ4n) is 4.35. The van der Waals surface area contributed by atoms with Crippen LogP contribution in [0.15, 0.2) is 63.8 Å². The van der Waals surface area contributed by atoms with Crippen molar-refractivity contribution in [3.05, 3.63) is 93.0 Å². The largest absolute Gasteiger partial charge is 0.481 e. The first-order chi connectivity index (χ1) is 16.5. The molecule has 174 valence electrons. The van der Waals surface area contributed by atoms with Crippen molar-refractivity contribution in [3.63, 3.8) is 0 Å². The van der Waals surface area contributed by atoms with Crippen LogP contribution in [0.5, 0.6) is 0 Å². The molecule has 7 heteroatoms. The minimum absolute atomic E-state index is 0.00229. The summed E-state index contributed by atoms with van der Waals surface area (Å²) in [5.41, 5.74) is 7.05. The molecule has 0 amide bonds. The van der Waals surface area contributed by atoms with Crippen LogP contribution in [0, 0.1) is 19.8 Å². The zero-order chi connectivity index (χ0) is 23.7. The van der Waals surface area contributed by atoms with E-state index in [0.717, 1.165) is 24.1 Å². The van der Waals surface area contributed by atoms with Gasteiger partial charge in [-0.25, -0.2) is 0 Å². The Bertz CT molecular complexity index is 1270.